The van der Waals surface area contributed by atoms with Gasteiger partial charge in [-0.1, -0.05) is 19.4 Å². The van der Waals surface area contributed by atoms with E-state index in [0.717, 1.165) is 67.4 Å². The van der Waals surface area contributed by atoms with Crippen LogP contribution in [0.15, 0.2) is 54.7 Å². The van der Waals surface area contributed by atoms with E-state index in [9.17, 15) is 0 Å². The molecule has 0 spiro atoms. The largest absolute Gasteiger partial charge is 0.384 e. The van der Waals surface area contributed by atoms with Crippen molar-refractivity contribution in [2.24, 2.45) is 0 Å². The Bertz CT molecular complexity index is 1210. The molecule has 0 bridgehead atoms. The van der Waals surface area contributed by atoms with Crippen LogP contribution in [0.2, 0.25) is 0 Å². The molecule has 0 amide bonds. The van der Waals surface area contributed by atoms with Gasteiger partial charge >= 0.3 is 0 Å². The third kappa shape index (κ3) is 4.09. The zero-order valence-corrected chi connectivity index (χ0v) is 18.2. The van der Waals surface area contributed by atoms with Crippen LogP contribution in [0.4, 0.5) is 23.1 Å². The summed E-state index contributed by atoms with van der Waals surface area (Å²) in [5.41, 5.74) is 10.0. The van der Waals surface area contributed by atoms with Crippen LogP contribution in [0.3, 0.4) is 0 Å². The molecule has 164 valence electrons. The average molecular weight is 430 g/mol. The first-order valence-electron chi connectivity index (χ1n) is 11.0. The minimum atomic E-state index is 0.486. The van der Waals surface area contributed by atoms with E-state index in [0.29, 0.717) is 11.8 Å². The van der Waals surface area contributed by atoms with Crippen LogP contribution in [-0.4, -0.2) is 45.8 Å². The zero-order valence-electron chi connectivity index (χ0n) is 18.2. The summed E-state index contributed by atoms with van der Waals surface area (Å²) < 4.78 is 7.51. The number of nitrogens with zero attached hydrogens (tertiary/aromatic N) is 5. The van der Waals surface area contributed by atoms with Gasteiger partial charge in [-0.2, -0.15) is 4.98 Å². The lowest BCUT2D eigenvalue weighted by Crippen LogP contribution is -2.36. The molecule has 0 aliphatic carbocycles. The number of anilines is 4. The van der Waals surface area contributed by atoms with E-state index in [1.54, 1.807) is 6.07 Å². The molecule has 4 heterocycles. The molecule has 0 atom stereocenters. The maximum absolute atomic E-state index is 5.95. The molecular weight excluding hydrogens is 402 g/mol. The van der Waals surface area contributed by atoms with Gasteiger partial charge in [0.05, 0.1) is 13.2 Å². The van der Waals surface area contributed by atoms with Crippen molar-refractivity contribution in [3.05, 3.63) is 60.4 Å². The normalized spacial score (nSPS) is 14.1. The van der Waals surface area contributed by atoms with E-state index in [-0.39, 0.29) is 0 Å². The summed E-state index contributed by atoms with van der Waals surface area (Å²) >= 11 is 0. The summed E-state index contributed by atoms with van der Waals surface area (Å²) in [4.78, 5) is 16.2. The van der Waals surface area contributed by atoms with Crippen molar-refractivity contribution in [2.45, 2.75) is 19.8 Å². The molecule has 1 aliphatic rings. The first kappa shape index (κ1) is 20.3. The highest BCUT2D eigenvalue weighted by Crippen LogP contribution is 2.26. The highest BCUT2D eigenvalue weighted by atomic mass is 16.5. The summed E-state index contributed by atoms with van der Waals surface area (Å²) in [6.07, 6.45) is 3.79. The van der Waals surface area contributed by atoms with Gasteiger partial charge in [0.1, 0.15) is 11.6 Å². The highest BCUT2D eigenvalue weighted by Gasteiger charge is 2.15. The Morgan fingerprint density at radius 3 is 2.62 bits per heavy atom. The Balaban J connectivity index is 1.45. The van der Waals surface area contributed by atoms with Gasteiger partial charge in [-0.15, -0.1) is 0 Å². The number of fused-ring (bicyclic) bond motifs is 1. The molecule has 0 unspecified atom stereocenters. The summed E-state index contributed by atoms with van der Waals surface area (Å²) in [6, 6.07) is 16.1. The van der Waals surface area contributed by atoms with E-state index in [1.807, 2.05) is 18.3 Å². The van der Waals surface area contributed by atoms with Crippen molar-refractivity contribution in [3.63, 3.8) is 0 Å². The maximum atomic E-state index is 5.95. The van der Waals surface area contributed by atoms with Gasteiger partial charge in [0.2, 0.25) is 5.95 Å². The number of rotatable bonds is 6. The number of aromatic nitrogens is 4. The minimum absolute atomic E-state index is 0.486. The van der Waals surface area contributed by atoms with E-state index in [4.69, 9.17) is 15.5 Å². The fourth-order valence-corrected chi connectivity index (χ4v) is 4.07. The predicted octanol–water partition coefficient (Wildman–Crippen LogP) is 3.93. The highest BCUT2D eigenvalue weighted by molar-refractivity contribution is 5.80. The molecule has 3 N–H and O–H groups in total. The summed E-state index contributed by atoms with van der Waals surface area (Å²) in [5, 5.41) is 4.31. The van der Waals surface area contributed by atoms with Crippen molar-refractivity contribution >= 4 is 34.2 Å². The van der Waals surface area contributed by atoms with Crippen LogP contribution < -0.4 is 16.0 Å². The first-order chi connectivity index (χ1) is 15.7. The Labute approximate surface area is 187 Å². The number of pyridine rings is 1. The number of hydrogen-bond donors (Lipinski definition) is 2. The summed E-state index contributed by atoms with van der Waals surface area (Å²) in [7, 11) is 0. The van der Waals surface area contributed by atoms with Crippen LogP contribution in [0.1, 0.15) is 19.0 Å². The second-order valence-electron chi connectivity index (χ2n) is 7.89. The quantitative estimate of drug-likeness (QED) is 0.480. The van der Waals surface area contributed by atoms with E-state index >= 15 is 0 Å². The van der Waals surface area contributed by atoms with Crippen molar-refractivity contribution in [3.8, 4) is 5.82 Å². The molecule has 0 saturated carbocycles. The number of benzene rings is 1. The van der Waals surface area contributed by atoms with E-state index < -0.39 is 0 Å². The summed E-state index contributed by atoms with van der Waals surface area (Å²) in [6.45, 7) is 5.54. The molecule has 1 fully saturated rings. The van der Waals surface area contributed by atoms with Crippen molar-refractivity contribution in [2.75, 3.05) is 42.3 Å². The number of morpholine rings is 1. The SMILES string of the molecule is CCCc1cc2cnc(Nc3ccc(N4CCOCC4)cc3)nc2n1-c1cccc(N)n1. The molecule has 4 aromatic rings. The number of ether oxygens (including phenoxy) is 1. The van der Waals surface area contributed by atoms with E-state index in [1.165, 1.54) is 5.69 Å². The smallest absolute Gasteiger partial charge is 0.229 e. The Hall–Kier alpha value is -3.65. The number of nitrogens with one attached hydrogen (secondary N) is 1. The Morgan fingerprint density at radius 1 is 1.06 bits per heavy atom. The summed E-state index contributed by atoms with van der Waals surface area (Å²) in [5.74, 6) is 1.80. The fourth-order valence-electron chi connectivity index (χ4n) is 4.07. The molecule has 8 heteroatoms. The fraction of sp³-hybridized carbons (Fsp3) is 0.292. The second-order valence-corrected chi connectivity index (χ2v) is 7.89. The third-order valence-electron chi connectivity index (χ3n) is 5.61. The number of hydrogen-bond acceptors (Lipinski definition) is 7. The molecule has 0 radical (unpaired) electrons. The zero-order chi connectivity index (χ0) is 21.9. The second kappa shape index (κ2) is 8.84. The molecule has 1 saturated heterocycles. The van der Waals surface area contributed by atoms with E-state index in [2.05, 4.69) is 62.0 Å². The van der Waals surface area contributed by atoms with Crippen LogP contribution >= 0.6 is 0 Å². The van der Waals surface area contributed by atoms with Crippen LogP contribution in [0.25, 0.3) is 16.9 Å². The molecule has 3 aromatic heterocycles. The minimum Gasteiger partial charge on any atom is -0.384 e. The number of nitrogen functional groups attached to an aromatic ring is 1. The predicted molar refractivity (Wildman–Crippen MR) is 128 cm³/mol. The molecule has 5 rings (SSSR count). The van der Waals surface area contributed by atoms with Gasteiger partial charge < -0.3 is 20.7 Å². The van der Waals surface area contributed by atoms with Crippen LogP contribution in [-0.2, 0) is 11.2 Å². The first-order valence-corrected chi connectivity index (χ1v) is 11.0. The van der Waals surface area contributed by atoms with Gasteiger partial charge in [0, 0.05) is 41.7 Å². The van der Waals surface area contributed by atoms with Crippen LogP contribution in [0.5, 0.6) is 0 Å². The number of aryl methyl sites for hydroxylation is 1. The standard InChI is InChI=1S/C24H27N7O/c1-2-4-20-15-17-16-26-24(29-23(17)31(20)22-6-3-5-21(25)28-22)27-18-7-9-19(10-8-18)30-11-13-32-14-12-30/h3,5-10,15-16H,2,4,11-14H2,1H3,(H2,25,28)(H,26,27,29). The molecule has 1 aromatic carbocycles. The van der Waals surface area contributed by atoms with Crippen LogP contribution in [0, 0.1) is 0 Å². The Kier molecular flexibility index (Phi) is 5.60. The lowest BCUT2D eigenvalue weighted by molar-refractivity contribution is 0.122. The topological polar surface area (TPSA) is 94.1 Å². The number of nitrogens with two attached hydrogens (primary N) is 1. The maximum Gasteiger partial charge on any atom is 0.229 e. The monoisotopic (exact) mass is 429 g/mol. The van der Waals surface area contributed by atoms with Crippen molar-refractivity contribution < 1.29 is 4.74 Å². The molecule has 8 nitrogen and oxygen atoms in total. The van der Waals surface area contributed by atoms with Gasteiger partial charge in [0.25, 0.3) is 0 Å². The molecule has 32 heavy (non-hydrogen) atoms. The molecular formula is C24H27N7O. The van der Waals surface area contributed by atoms with Crippen molar-refractivity contribution in [1.29, 1.82) is 0 Å². The average Bonchev–Trinajstić information content (AvgIpc) is 3.18. The lowest BCUT2D eigenvalue weighted by Gasteiger charge is -2.28. The van der Waals surface area contributed by atoms with Gasteiger partial charge in [-0.3, -0.25) is 4.57 Å². The third-order valence-corrected chi connectivity index (χ3v) is 5.61. The lowest BCUT2D eigenvalue weighted by atomic mass is 10.2. The van der Waals surface area contributed by atoms with Crippen molar-refractivity contribution in [1.82, 2.24) is 19.5 Å². The van der Waals surface area contributed by atoms with Gasteiger partial charge in [0.15, 0.2) is 5.65 Å². The van der Waals surface area contributed by atoms with Gasteiger partial charge in [-0.25, -0.2) is 9.97 Å². The molecule has 1 aliphatic heterocycles. The van der Waals surface area contributed by atoms with Gasteiger partial charge in [-0.05, 0) is 48.9 Å². The Morgan fingerprint density at radius 2 is 1.88 bits per heavy atom.